The zero-order valence-corrected chi connectivity index (χ0v) is 26.0. The van der Waals surface area contributed by atoms with Crippen LogP contribution in [0.2, 0.25) is 0 Å². The number of hydrogen-bond acceptors (Lipinski definition) is 3. The Kier molecular flexibility index (Phi) is 15.6. The van der Waals surface area contributed by atoms with Crippen molar-refractivity contribution in [3.63, 3.8) is 0 Å². The maximum atomic E-state index is 12.8. The topological polar surface area (TPSA) is 38.7 Å². The summed E-state index contributed by atoms with van der Waals surface area (Å²) < 4.78 is 26.7. The summed E-state index contributed by atoms with van der Waals surface area (Å²) in [5, 5.41) is 0. The smallest absolute Gasteiger partial charge is 0.305 e. The third kappa shape index (κ3) is 13.3. The predicted octanol–water partition coefficient (Wildman–Crippen LogP) is 9.01. The first-order valence-electron chi connectivity index (χ1n) is 12.2. The number of aromatic nitrogens is 3. The summed E-state index contributed by atoms with van der Waals surface area (Å²) in [6, 6.07) is 42.0. The number of aryl methyl sites for hydroxylation is 1. The van der Waals surface area contributed by atoms with Gasteiger partial charge in [-0.15, -0.1) is 75.6 Å². The van der Waals surface area contributed by atoms with E-state index >= 15 is 0 Å². The first-order chi connectivity index (χ1) is 19.5. The molecule has 6 aromatic rings. The van der Waals surface area contributed by atoms with Gasteiger partial charge in [0.1, 0.15) is 0 Å². The Labute approximate surface area is 261 Å². The Morgan fingerprint density at radius 1 is 0.610 bits per heavy atom. The van der Waals surface area contributed by atoms with Crippen molar-refractivity contribution >= 4 is 15.9 Å². The van der Waals surface area contributed by atoms with Gasteiger partial charge in [-0.25, -0.2) is 8.78 Å². The third-order valence-corrected chi connectivity index (χ3v) is 5.38. The molecule has 0 saturated carbocycles. The van der Waals surface area contributed by atoms with Crippen LogP contribution in [-0.4, -0.2) is 15.0 Å². The number of rotatable bonds is 2. The van der Waals surface area contributed by atoms with E-state index < -0.39 is 0 Å². The van der Waals surface area contributed by atoms with Crippen LogP contribution in [0.1, 0.15) is 5.69 Å². The molecule has 0 radical (unpaired) electrons. The van der Waals surface area contributed by atoms with Gasteiger partial charge in [-0.1, -0.05) is 34.8 Å². The fourth-order valence-corrected chi connectivity index (χ4v) is 3.32. The van der Waals surface area contributed by atoms with E-state index in [2.05, 4.69) is 49.1 Å². The minimum absolute atomic E-state index is 0. The zero-order chi connectivity index (χ0) is 28.4. The molecule has 3 nitrogen and oxygen atoms in total. The molecule has 41 heavy (non-hydrogen) atoms. The molecule has 0 bridgehead atoms. The molecular weight excluding hydrogens is 761 g/mol. The van der Waals surface area contributed by atoms with Gasteiger partial charge < -0.3 is 9.97 Å². The summed E-state index contributed by atoms with van der Waals surface area (Å²) in [5.41, 5.74) is 3.91. The van der Waals surface area contributed by atoms with Gasteiger partial charge in [0.25, 0.3) is 0 Å². The van der Waals surface area contributed by atoms with Crippen molar-refractivity contribution in [1.29, 1.82) is 0 Å². The Morgan fingerprint density at radius 2 is 1.12 bits per heavy atom. The van der Waals surface area contributed by atoms with E-state index in [1.165, 1.54) is 24.3 Å². The Balaban J connectivity index is 0.000000198. The largest absolute Gasteiger partial charge is 3.00 e. The molecule has 0 unspecified atom stereocenters. The molecule has 0 atom stereocenters. The van der Waals surface area contributed by atoms with Gasteiger partial charge in [0, 0.05) is 35.9 Å². The molecule has 0 N–H and O–H groups in total. The van der Waals surface area contributed by atoms with E-state index in [1.54, 1.807) is 30.7 Å². The molecule has 0 aliphatic carbocycles. The van der Waals surface area contributed by atoms with Crippen LogP contribution in [0.15, 0.2) is 138 Å². The second kappa shape index (κ2) is 19.2. The van der Waals surface area contributed by atoms with Crippen molar-refractivity contribution in [2.45, 2.75) is 6.92 Å². The van der Waals surface area contributed by atoms with Crippen molar-refractivity contribution in [2.75, 3.05) is 0 Å². The number of nitrogens with zero attached hydrogens (tertiary/aromatic N) is 3. The summed E-state index contributed by atoms with van der Waals surface area (Å²) >= 11 is 3.28. The molecule has 3 aromatic carbocycles. The zero-order valence-electron chi connectivity index (χ0n) is 22.0. The van der Waals surface area contributed by atoms with Gasteiger partial charge >= 0.3 is 20.1 Å². The molecule has 0 saturated heterocycles. The monoisotopic (exact) mass is 785 g/mol. The Hall–Kier alpha value is -3.90. The van der Waals surface area contributed by atoms with Gasteiger partial charge in [0.05, 0.1) is 0 Å². The molecule has 0 aliphatic rings. The first kappa shape index (κ1) is 33.3. The van der Waals surface area contributed by atoms with Gasteiger partial charge in [0.15, 0.2) is 0 Å². The van der Waals surface area contributed by atoms with Crippen LogP contribution < -0.4 is 0 Å². The molecule has 0 amide bonds. The van der Waals surface area contributed by atoms with Crippen molar-refractivity contribution < 1.29 is 28.9 Å². The number of hydrogen-bond donors (Lipinski definition) is 0. The molecule has 206 valence electrons. The maximum Gasteiger partial charge on any atom is 3.00 e. The molecule has 0 aliphatic heterocycles. The standard InChI is InChI=1S/2C11H7FN.C6H4Br.C6H7N.Ir/c2*12-10-5-3-4-9(8-10)11-6-1-2-7-13-11;7-6-4-2-1-3-5-6;1-6-4-2-3-5-7-6;/h2*1-3,5-8H;1-2,4-5H;2-5H,1H3;/q3*-1;;+3. The quantitative estimate of drug-likeness (QED) is 0.165. The van der Waals surface area contributed by atoms with Crippen LogP contribution in [0.5, 0.6) is 0 Å². The van der Waals surface area contributed by atoms with Crippen LogP contribution in [0.4, 0.5) is 8.78 Å². The van der Waals surface area contributed by atoms with E-state index in [-0.39, 0.29) is 31.7 Å². The van der Waals surface area contributed by atoms with E-state index in [0.717, 1.165) is 21.6 Å². The van der Waals surface area contributed by atoms with Crippen LogP contribution in [0.25, 0.3) is 22.5 Å². The fourth-order valence-electron chi connectivity index (χ4n) is 3.04. The van der Waals surface area contributed by atoms with Crippen molar-refractivity contribution in [3.8, 4) is 22.5 Å². The number of benzene rings is 3. The van der Waals surface area contributed by atoms with Crippen LogP contribution >= 0.6 is 15.9 Å². The predicted molar refractivity (Wildman–Crippen MR) is 159 cm³/mol. The molecular formula is C34H25BrF2IrN3. The SMILES string of the molecule is Brc1c[c-]ccc1.Cc1ccccn1.Fc1cc[c-]c(-c2ccccn2)c1.Fc1cc[c-]c(-c2ccccn2)c1.[Ir+3]. The van der Waals surface area contributed by atoms with Gasteiger partial charge in [-0.2, -0.15) is 30.3 Å². The van der Waals surface area contributed by atoms with Crippen molar-refractivity contribution in [1.82, 2.24) is 15.0 Å². The average Bonchev–Trinajstić information content (AvgIpc) is 3.00. The van der Waals surface area contributed by atoms with E-state index in [4.69, 9.17) is 0 Å². The van der Waals surface area contributed by atoms with E-state index in [0.29, 0.717) is 11.1 Å². The summed E-state index contributed by atoms with van der Waals surface area (Å²) in [6.45, 7) is 1.97. The van der Waals surface area contributed by atoms with E-state index in [9.17, 15) is 8.78 Å². The summed E-state index contributed by atoms with van der Waals surface area (Å²) in [4.78, 5) is 12.2. The molecule has 3 aromatic heterocycles. The molecule has 3 heterocycles. The average molecular weight is 786 g/mol. The number of halogens is 3. The van der Waals surface area contributed by atoms with E-state index in [1.807, 2.05) is 85.8 Å². The van der Waals surface area contributed by atoms with Gasteiger partial charge in [0.2, 0.25) is 0 Å². The fraction of sp³-hybridized carbons (Fsp3) is 0.0294. The minimum atomic E-state index is -0.264. The minimum Gasteiger partial charge on any atom is -0.305 e. The Morgan fingerprint density at radius 3 is 1.41 bits per heavy atom. The van der Waals surface area contributed by atoms with Crippen molar-refractivity contribution in [3.05, 3.63) is 174 Å². The molecule has 0 fully saturated rings. The number of pyridine rings is 3. The first-order valence-corrected chi connectivity index (χ1v) is 13.0. The Bertz CT molecular complexity index is 1410. The normalized spacial score (nSPS) is 9.27. The molecule has 7 heteroatoms. The van der Waals surface area contributed by atoms with Crippen LogP contribution in [0.3, 0.4) is 0 Å². The molecule has 6 rings (SSSR count). The van der Waals surface area contributed by atoms with Gasteiger partial charge in [-0.05, 0) is 42.6 Å². The maximum absolute atomic E-state index is 12.8. The second-order valence-electron chi connectivity index (χ2n) is 7.96. The summed E-state index contributed by atoms with van der Waals surface area (Å²) in [6.07, 6.45) is 5.14. The van der Waals surface area contributed by atoms with Crippen molar-refractivity contribution in [2.24, 2.45) is 0 Å². The second-order valence-corrected chi connectivity index (χ2v) is 8.88. The van der Waals surface area contributed by atoms with Crippen LogP contribution in [-0.2, 0) is 20.1 Å². The third-order valence-electron chi connectivity index (χ3n) is 4.89. The summed E-state index contributed by atoms with van der Waals surface area (Å²) in [5.74, 6) is -0.529. The van der Waals surface area contributed by atoms with Crippen LogP contribution in [0, 0.1) is 36.8 Å². The molecule has 0 spiro atoms. The summed E-state index contributed by atoms with van der Waals surface area (Å²) in [7, 11) is 0. The van der Waals surface area contributed by atoms with Gasteiger partial charge in [-0.3, -0.25) is 4.98 Å².